The highest BCUT2D eigenvalue weighted by Gasteiger charge is 2.32. The smallest absolute Gasteiger partial charge is 0.335 e. The third kappa shape index (κ3) is 2.07. The Kier molecular flexibility index (Phi) is 3.06. The molecular weight excluding hydrogens is 232 g/mol. The molecule has 0 atom stereocenters. The van der Waals surface area contributed by atoms with Gasteiger partial charge < -0.3 is 10.8 Å². The fourth-order valence-electron chi connectivity index (χ4n) is 1.95. The van der Waals surface area contributed by atoms with E-state index in [-0.39, 0.29) is 23.7 Å². The van der Waals surface area contributed by atoms with Gasteiger partial charge in [0, 0.05) is 0 Å². The van der Waals surface area contributed by atoms with Crippen molar-refractivity contribution in [1.82, 2.24) is 4.90 Å². The molecule has 0 bridgehead atoms. The van der Waals surface area contributed by atoms with E-state index in [4.69, 9.17) is 10.8 Å². The Hall–Kier alpha value is -2.30. The van der Waals surface area contributed by atoms with E-state index in [1.165, 1.54) is 4.90 Å². The minimum Gasteiger partial charge on any atom is -0.478 e. The number of nitrogens with two attached hydrogens (primary N) is 1. The predicted molar refractivity (Wildman–Crippen MR) is 65.2 cm³/mol. The molecule has 2 rings (SSSR count). The van der Waals surface area contributed by atoms with Crippen LogP contribution in [0.5, 0.6) is 0 Å². The molecule has 1 aliphatic heterocycles. The zero-order valence-electron chi connectivity index (χ0n) is 10.0. The van der Waals surface area contributed by atoms with Crippen molar-refractivity contribution in [2.75, 3.05) is 0 Å². The van der Waals surface area contributed by atoms with E-state index < -0.39 is 5.97 Å². The third-order valence-corrected chi connectivity index (χ3v) is 3.08. The molecule has 5 heteroatoms. The fraction of sp³-hybridized carbons (Fsp3) is 0.231. The summed E-state index contributed by atoms with van der Waals surface area (Å²) in [4.78, 5) is 24.0. The molecule has 1 heterocycles. The number of carboxylic acid groups (broad SMARTS) is 1. The van der Waals surface area contributed by atoms with Gasteiger partial charge in [-0.25, -0.2) is 4.79 Å². The quantitative estimate of drug-likeness (QED) is 0.832. The van der Waals surface area contributed by atoms with Gasteiger partial charge in [-0.2, -0.15) is 0 Å². The first-order valence-electron chi connectivity index (χ1n) is 5.57. The zero-order chi connectivity index (χ0) is 13.3. The number of hydrogen-bond acceptors (Lipinski definition) is 3. The molecule has 0 aromatic heterocycles. The Morgan fingerprint density at radius 1 is 1.44 bits per heavy atom. The summed E-state index contributed by atoms with van der Waals surface area (Å²) in [5.41, 5.74) is 7.70. The highest BCUT2D eigenvalue weighted by molar-refractivity contribution is 5.98. The van der Waals surface area contributed by atoms with Crippen molar-refractivity contribution >= 4 is 11.9 Å². The second-order valence-corrected chi connectivity index (χ2v) is 4.25. The lowest BCUT2D eigenvalue weighted by atomic mass is 10.1. The maximum atomic E-state index is 11.8. The monoisotopic (exact) mass is 246 g/mol. The Labute approximate surface area is 105 Å². The lowest BCUT2D eigenvalue weighted by molar-refractivity contribution is -0.134. The first-order valence-corrected chi connectivity index (χ1v) is 5.57. The molecule has 0 radical (unpaired) electrons. The van der Waals surface area contributed by atoms with E-state index in [1.54, 1.807) is 0 Å². The molecule has 0 saturated heterocycles. The molecule has 1 aromatic carbocycles. The first-order chi connectivity index (χ1) is 8.50. The van der Waals surface area contributed by atoms with Gasteiger partial charge in [-0.3, -0.25) is 9.69 Å². The van der Waals surface area contributed by atoms with Crippen molar-refractivity contribution in [3.05, 3.63) is 46.8 Å². The molecule has 0 fully saturated rings. The van der Waals surface area contributed by atoms with Crippen molar-refractivity contribution in [2.45, 2.75) is 19.9 Å². The number of carbonyl (C=O) groups excluding carboxylic acids is 1. The summed E-state index contributed by atoms with van der Waals surface area (Å²) in [5, 5.41) is 8.92. The summed E-state index contributed by atoms with van der Waals surface area (Å²) >= 11 is 0. The summed E-state index contributed by atoms with van der Waals surface area (Å²) in [6.45, 7) is 2.25. The maximum Gasteiger partial charge on any atom is 0.335 e. The van der Waals surface area contributed by atoms with E-state index in [0.717, 1.165) is 11.1 Å². The van der Waals surface area contributed by atoms with E-state index in [1.807, 2.05) is 31.2 Å². The maximum absolute atomic E-state index is 11.8. The first kappa shape index (κ1) is 12.2. The van der Waals surface area contributed by atoms with Crippen LogP contribution in [0.3, 0.4) is 0 Å². The second kappa shape index (κ2) is 4.52. The molecule has 3 N–H and O–H groups in total. The van der Waals surface area contributed by atoms with E-state index in [9.17, 15) is 9.59 Å². The van der Waals surface area contributed by atoms with E-state index in [0.29, 0.717) is 6.54 Å². The predicted octanol–water partition coefficient (Wildman–Crippen LogP) is 0.982. The number of carboxylic acids is 1. The van der Waals surface area contributed by atoms with Gasteiger partial charge in [0.25, 0.3) is 0 Å². The summed E-state index contributed by atoms with van der Waals surface area (Å²) in [6.07, 6.45) is -0.132. The topological polar surface area (TPSA) is 83.6 Å². The Morgan fingerprint density at radius 3 is 2.67 bits per heavy atom. The van der Waals surface area contributed by atoms with Gasteiger partial charge in [0.1, 0.15) is 5.82 Å². The van der Waals surface area contributed by atoms with Crippen molar-refractivity contribution in [1.29, 1.82) is 0 Å². The molecule has 0 saturated carbocycles. The molecular formula is C13H14N2O3. The van der Waals surface area contributed by atoms with Gasteiger partial charge in [0.15, 0.2) is 0 Å². The summed E-state index contributed by atoms with van der Waals surface area (Å²) < 4.78 is 0. The zero-order valence-corrected chi connectivity index (χ0v) is 10.0. The van der Waals surface area contributed by atoms with Gasteiger partial charge in [0.2, 0.25) is 5.91 Å². The Bertz CT molecular complexity index is 549. The number of nitrogens with zero attached hydrogens (tertiary/aromatic N) is 1. The van der Waals surface area contributed by atoms with Crippen LogP contribution in [0.25, 0.3) is 0 Å². The van der Waals surface area contributed by atoms with Crippen LogP contribution < -0.4 is 5.73 Å². The summed E-state index contributed by atoms with van der Waals surface area (Å²) in [5.74, 6) is -1.35. The van der Waals surface area contributed by atoms with Crippen LogP contribution in [0, 0.1) is 6.92 Å². The molecule has 94 valence electrons. The fourth-order valence-corrected chi connectivity index (χ4v) is 1.95. The van der Waals surface area contributed by atoms with Gasteiger partial charge in [-0.1, -0.05) is 24.3 Å². The van der Waals surface area contributed by atoms with Crippen molar-refractivity contribution in [3.8, 4) is 0 Å². The minimum atomic E-state index is -1.13. The van der Waals surface area contributed by atoms with Crippen LogP contribution in [-0.4, -0.2) is 21.9 Å². The van der Waals surface area contributed by atoms with Gasteiger partial charge in [-0.05, 0) is 18.1 Å². The van der Waals surface area contributed by atoms with Crippen molar-refractivity contribution < 1.29 is 14.7 Å². The molecule has 0 spiro atoms. The molecule has 0 aliphatic carbocycles. The lowest BCUT2D eigenvalue weighted by Gasteiger charge is -2.18. The van der Waals surface area contributed by atoms with Crippen molar-refractivity contribution in [3.63, 3.8) is 0 Å². The second-order valence-electron chi connectivity index (χ2n) is 4.25. The van der Waals surface area contributed by atoms with Crippen LogP contribution in [0.2, 0.25) is 0 Å². The minimum absolute atomic E-state index is 0.0198. The number of benzene rings is 1. The Morgan fingerprint density at radius 2 is 2.11 bits per heavy atom. The molecule has 5 nitrogen and oxygen atoms in total. The van der Waals surface area contributed by atoms with Crippen LogP contribution >= 0.6 is 0 Å². The van der Waals surface area contributed by atoms with Crippen LogP contribution in [-0.2, 0) is 16.1 Å². The van der Waals surface area contributed by atoms with Crippen molar-refractivity contribution in [2.24, 2.45) is 5.73 Å². The number of carbonyl (C=O) groups is 2. The number of rotatable bonds is 3. The number of hydrogen-bond donors (Lipinski definition) is 2. The van der Waals surface area contributed by atoms with Gasteiger partial charge in [-0.15, -0.1) is 0 Å². The Balaban J connectivity index is 2.27. The van der Waals surface area contributed by atoms with Crippen LogP contribution in [0.4, 0.5) is 0 Å². The lowest BCUT2D eigenvalue weighted by Crippen LogP contribution is -2.28. The summed E-state index contributed by atoms with van der Waals surface area (Å²) in [6, 6.07) is 7.62. The highest BCUT2D eigenvalue weighted by Crippen LogP contribution is 2.23. The molecule has 1 amide bonds. The molecule has 0 unspecified atom stereocenters. The average Bonchev–Trinajstić information content (AvgIpc) is 2.60. The standard InChI is InChI=1S/C13H14N2O3/c1-8-4-2-3-5-9(8)7-15-11(16)6-10(12(15)14)13(17)18/h2-5H,6-7,14H2,1H3,(H,17,18). The number of aryl methyl sites for hydroxylation is 1. The third-order valence-electron chi connectivity index (χ3n) is 3.08. The number of amides is 1. The van der Waals surface area contributed by atoms with Crippen LogP contribution in [0.15, 0.2) is 35.7 Å². The van der Waals surface area contributed by atoms with Gasteiger partial charge in [0.05, 0.1) is 18.5 Å². The molecule has 1 aliphatic rings. The van der Waals surface area contributed by atoms with E-state index in [2.05, 4.69) is 0 Å². The number of aliphatic carboxylic acids is 1. The van der Waals surface area contributed by atoms with E-state index >= 15 is 0 Å². The average molecular weight is 246 g/mol. The SMILES string of the molecule is Cc1ccccc1CN1C(=O)CC(C(=O)O)=C1N. The molecule has 1 aromatic rings. The highest BCUT2D eigenvalue weighted by atomic mass is 16.4. The molecule has 18 heavy (non-hydrogen) atoms. The normalized spacial score (nSPS) is 15.4. The van der Waals surface area contributed by atoms with Crippen LogP contribution in [0.1, 0.15) is 17.5 Å². The van der Waals surface area contributed by atoms with Gasteiger partial charge >= 0.3 is 5.97 Å². The summed E-state index contributed by atoms with van der Waals surface area (Å²) in [7, 11) is 0. The largest absolute Gasteiger partial charge is 0.478 e.